The molecule has 2 heterocycles. The molecule has 0 amide bonds. The molecule has 27 heavy (non-hydrogen) atoms. The highest BCUT2D eigenvalue weighted by molar-refractivity contribution is 5.80. The summed E-state index contributed by atoms with van der Waals surface area (Å²) in [6.07, 6.45) is 0. The first-order valence-electron chi connectivity index (χ1n) is 8.73. The van der Waals surface area contributed by atoms with Gasteiger partial charge in [0.1, 0.15) is 5.52 Å². The second-order valence-electron chi connectivity index (χ2n) is 5.87. The summed E-state index contributed by atoms with van der Waals surface area (Å²) < 4.78 is 18.4. The van der Waals surface area contributed by atoms with Gasteiger partial charge in [0.25, 0.3) is 5.89 Å². The molecule has 2 aromatic carbocycles. The number of rotatable bonds is 6. The fraction of sp³-hybridized carbons (Fsp3) is 0.263. The Morgan fingerprint density at radius 3 is 2.56 bits per heavy atom. The second-order valence-corrected chi connectivity index (χ2v) is 5.87. The summed E-state index contributed by atoms with van der Waals surface area (Å²) in [5.74, 6) is 2.24. The first-order chi connectivity index (χ1) is 13.2. The van der Waals surface area contributed by atoms with Crippen molar-refractivity contribution in [1.82, 2.24) is 25.1 Å². The van der Waals surface area contributed by atoms with E-state index in [1.165, 1.54) is 0 Å². The van der Waals surface area contributed by atoms with E-state index < -0.39 is 0 Å². The van der Waals surface area contributed by atoms with Gasteiger partial charge in [-0.3, -0.25) is 0 Å². The lowest BCUT2D eigenvalue weighted by molar-refractivity contribution is 0.288. The van der Waals surface area contributed by atoms with Crippen LogP contribution in [0.5, 0.6) is 11.5 Å². The number of ether oxygens (including phenoxy) is 2. The van der Waals surface area contributed by atoms with Gasteiger partial charge in [-0.05, 0) is 50.2 Å². The number of hydrogen-bond acceptors (Lipinski definition) is 7. The van der Waals surface area contributed by atoms with Crippen molar-refractivity contribution >= 4 is 11.0 Å². The summed E-state index contributed by atoms with van der Waals surface area (Å²) in [5.41, 5.74) is 3.30. The predicted octanol–water partition coefficient (Wildman–Crippen LogP) is 3.48. The minimum absolute atomic E-state index is 0.410. The number of aryl methyl sites for hydroxylation is 1. The zero-order valence-corrected chi connectivity index (χ0v) is 15.3. The lowest BCUT2D eigenvalue weighted by Gasteiger charge is -2.11. The lowest BCUT2D eigenvalue weighted by atomic mass is 10.2. The van der Waals surface area contributed by atoms with Crippen LogP contribution in [0.4, 0.5) is 0 Å². The van der Waals surface area contributed by atoms with E-state index in [9.17, 15) is 0 Å². The zero-order valence-electron chi connectivity index (χ0n) is 15.3. The van der Waals surface area contributed by atoms with Crippen LogP contribution in [-0.2, 0) is 7.05 Å². The van der Waals surface area contributed by atoms with Crippen molar-refractivity contribution in [2.75, 3.05) is 13.2 Å². The molecule has 0 saturated carbocycles. The number of hydrogen-bond donors (Lipinski definition) is 0. The highest BCUT2D eigenvalue weighted by Gasteiger charge is 2.15. The molecule has 0 fully saturated rings. The Labute approximate surface area is 155 Å². The van der Waals surface area contributed by atoms with Crippen LogP contribution in [0.2, 0.25) is 0 Å². The van der Waals surface area contributed by atoms with Crippen LogP contribution in [0.1, 0.15) is 13.8 Å². The van der Waals surface area contributed by atoms with Crippen LogP contribution in [0.25, 0.3) is 33.9 Å². The fourth-order valence-corrected chi connectivity index (χ4v) is 2.82. The minimum Gasteiger partial charge on any atom is -0.490 e. The molecule has 0 aliphatic carbocycles. The molecule has 0 spiro atoms. The molecule has 0 bridgehead atoms. The Balaban J connectivity index is 1.67. The van der Waals surface area contributed by atoms with Crippen molar-refractivity contribution in [3.63, 3.8) is 0 Å². The topological polar surface area (TPSA) is 88.1 Å². The van der Waals surface area contributed by atoms with Gasteiger partial charge < -0.3 is 14.0 Å². The van der Waals surface area contributed by atoms with Gasteiger partial charge in [0.15, 0.2) is 11.5 Å². The third kappa shape index (κ3) is 3.21. The smallest absolute Gasteiger partial charge is 0.258 e. The number of aromatic nitrogens is 5. The summed E-state index contributed by atoms with van der Waals surface area (Å²) in [6, 6.07) is 11.3. The third-order valence-electron chi connectivity index (χ3n) is 4.09. The number of benzene rings is 2. The Morgan fingerprint density at radius 2 is 1.74 bits per heavy atom. The first kappa shape index (κ1) is 17.0. The molecule has 138 valence electrons. The molecule has 8 nitrogen and oxygen atoms in total. The Morgan fingerprint density at radius 1 is 0.963 bits per heavy atom. The van der Waals surface area contributed by atoms with Gasteiger partial charge in [-0.25, -0.2) is 4.68 Å². The van der Waals surface area contributed by atoms with Crippen LogP contribution in [0.3, 0.4) is 0 Å². The van der Waals surface area contributed by atoms with Crippen LogP contribution >= 0.6 is 0 Å². The average Bonchev–Trinajstić information content (AvgIpc) is 3.31. The molecular weight excluding hydrogens is 346 g/mol. The van der Waals surface area contributed by atoms with Gasteiger partial charge >= 0.3 is 0 Å². The maximum atomic E-state index is 5.66. The zero-order chi connectivity index (χ0) is 18.8. The quantitative estimate of drug-likeness (QED) is 0.517. The maximum Gasteiger partial charge on any atom is 0.258 e. The van der Waals surface area contributed by atoms with Crippen molar-refractivity contribution < 1.29 is 14.0 Å². The van der Waals surface area contributed by atoms with Crippen molar-refractivity contribution in [2.24, 2.45) is 7.05 Å². The molecule has 8 heteroatoms. The van der Waals surface area contributed by atoms with Crippen LogP contribution in [-0.4, -0.2) is 38.3 Å². The number of fused-ring (bicyclic) bond motifs is 1. The molecule has 4 rings (SSSR count). The van der Waals surface area contributed by atoms with E-state index in [1.54, 1.807) is 4.68 Å². The third-order valence-corrected chi connectivity index (χ3v) is 4.09. The standard InChI is InChI=1S/C19H19N5O3/c1-4-25-16-9-7-13(11-17(16)26-5-2)19-20-18(22-27-19)12-6-8-15-14(10-12)21-23-24(15)3/h6-11H,4-5H2,1-3H3. The van der Waals surface area contributed by atoms with Gasteiger partial charge in [0, 0.05) is 18.2 Å². The van der Waals surface area contributed by atoms with E-state index in [0.29, 0.717) is 36.4 Å². The largest absolute Gasteiger partial charge is 0.490 e. The SMILES string of the molecule is CCOc1ccc(-c2nc(-c3ccc4c(c3)nnn4C)no2)cc1OCC. The fourth-order valence-electron chi connectivity index (χ4n) is 2.82. The summed E-state index contributed by atoms with van der Waals surface area (Å²) in [5, 5.41) is 12.2. The monoisotopic (exact) mass is 365 g/mol. The Bertz CT molecular complexity index is 1090. The molecule has 0 aliphatic rings. The van der Waals surface area contributed by atoms with E-state index in [1.807, 2.05) is 57.3 Å². The summed E-state index contributed by atoms with van der Waals surface area (Å²) in [4.78, 5) is 4.51. The summed E-state index contributed by atoms with van der Waals surface area (Å²) >= 11 is 0. The summed E-state index contributed by atoms with van der Waals surface area (Å²) in [6.45, 7) is 4.96. The lowest BCUT2D eigenvalue weighted by Crippen LogP contribution is -1.98. The molecular formula is C19H19N5O3. The van der Waals surface area contributed by atoms with Gasteiger partial charge in [0.2, 0.25) is 5.82 Å². The van der Waals surface area contributed by atoms with E-state index >= 15 is 0 Å². The first-order valence-corrected chi connectivity index (χ1v) is 8.73. The van der Waals surface area contributed by atoms with Crippen molar-refractivity contribution in [1.29, 1.82) is 0 Å². The van der Waals surface area contributed by atoms with Crippen molar-refractivity contribution in [2.45, 2.75) is 13.8 Å². The van der Waals surface area contributed by atoms with Gasteiger partial charge in [-0.1, -0.05) is 10.4 Å². The number of nitrogens with zero attached hydrogens (tertiary/aromatic N) is 5. The average molecular weight is 365 g/mol. The van der Waals surface area contributed by atoms with E-state index in [0.717, 1.165) is 22.2 Å². The molecule has 0 saturated heterocycles. The molecule has 0 N–H and O–H groups in total. The normalized spacial score (nSPS) is 11.1. The molecule has 0 atom stereocenters. The van der Waals surface area contributed by atoms with Gasteiger partial charge in [0.05, 0.1) is 18.7 Å². The molecule has 0 unspecified atom stereocenters. The summed E-state index contributed by atoms with van der Waals surface area (Å²) in [7, 11) is 1.85. The van der Waals surface area contributed by atoms with E-state index in [2.05, 4.69) is 20.5 Å². The molecule has 0 radical (unpaired) electrons. The minimum atomic E-state index is 0.410. The Kier molecular flexibility index (Phi) is 4.45. The second kappa shape index (κ2) is 7.06. The van der Waals surface area contributed by atoms with Crippen LogP contribution in [0.15, 0.2) is 40.9 Å². The van der Waals surface area contributed by atoms with Crippen LogP contribution in [0, 0.1) is 0 Å². The molecule has 2 aromatic heterocycles. The highest BCUT2D eigenvalue weighted by Crippen LogP contribution is 2.33. The predicted molar refractivity (Wildman–Crippen MR) is 99.6 cm³/mol. The van der Waals surface area contributed by atoms with E-state index in [4.69, 9.17) is 14.0 Å². The Hall–Kier alpha value is -3.42. The van der Waals surface area contributed by atoms with Crippen molar-refractivity contribution in [3.8, 4) is 34.3 Å². The molecule has 0 aliphatic heterocycles. The van der Waals surface area contributed by atoms with Gasteiger partial charge in [-0.2, -0.15) is 4.98 Å². The van der Waals surface area contributed by atoms with Crippen molar-refractivity contribution in [3.05, 3.63) is 36.4 Å². The maximum absolute atomic E-state index is 5.66. The highest BCUT2D eigenvalue weighted by atomic mass is 16.5. The molecule has 4 aromatic rings. The van der Waals surface area contributed by atoms with Crippen LogP contribution < -0.4 is 9.47 Å². The van der Waals surface area contributed by atoms with E-state index in [-0.39, 0.29) is 0 Å². The van der Waals surface area contributed by atoms with Gasteiger partial charge in [-0.15, -0.1) is 5.10 Å².